The van der Waals surface area contributed by atoms with Crippen molar-refractivity contribution in [2.45, 2.75) is 58.2 Å². The Morgan fingerprint density at radius 3 is 2.48 bits per heavy atom. The number of carbonyl (C=O) groups excluding carboxylic acids is 2. The molecular weight excluding hydrogens is 342 g/mol. The highest BCUT2D eigenvalue weighted by molar-refractivity contribution is 6.07. The maximum atomic E-state index is 13.4. The molecule has 3 rings (SSSR count). The van der Waals surface area contributed by atoms with Crippen LogP contribution in [-0.2, 0) is 11.3 Å². The lowest BCUT2D eigenvalue weighted by atomic mass is 9.85. The van der Waals surface area contributed by atoms with E-state index in [2.05, 4.69) is 18.7 Å². The molecule has 1 aromatic carbocycles. The van der Waals surface area contributed by atoms with Gasteiger partial charge in [0.25, 0.3) is 5.91 Å². The van der Waals surface area contributed by atoms with Crippen LogP contribution in [0.1, 0.15) is 45.6 Å². The number of likely N-dealkylation sites (tertiary alicyclic amines) is 1. The number of nitrogens with zero attached hydrogens (tertiary/aromatic N) is 3. The van der Waals surface area contributed by atoms with E-state index < -0.39 is 5.54 Å². The van der Waals surface area contributed by atoms with Gasteiger partial charge >= 0.3 is 6.03 Å². The fourth-order valence-corrected chi connectivity index (χ4v) is 4.39. The van der Waals surface area contributed by atoms with Gasteiger partial charge in [0.1, 0.15) is 11.3 Å². The average molecular weight is 373 g/mol. The van der Waals surface area contributed by atoms with Crippen molar-refractivity contribution >= 4 is 11.9 Å². The quantitative estimate of drug-likeness (QED) is 0.719. The molecule has 2 fully saturated rings. The molecule has 0 saturated carbocycles. The number of hydrogen-bond acceptors (Lipinski definition) is 4. The standard InChI is InChI=1S/C21H31N3O3/c1-5-16(3)22-12-10-21(11-13-22)19(25)23(20(26)24(21)6-2)15-17-8-7-9-18(14-17)27-4/h7-9,14,16H,5-6,10-13,15H2,1-4H3/t16-/m0/s1. The Morgan fingerprint density at radius 2 is 1.89 bits per heavy atom. The predicted molar refractivity (Wildman–Crippen MR) is 105 cm³/mol. The summed E-state index contributed by atoms with van der Waals surface area (Å²) in [6.07, 6.45) is 2.52. The van der Waals surface area contributed by atoms with E-state index in [1.807, 2.05) is 31.2 Å². The highest BCUT2D eigenvalue weighted by atomic mass is 16.5. The molecule has 6 nitrogen and oxygen atoms in total. The lowest BCUT2D eigenvalue weighted by Gasteiger charge is -2.43. The van der Waals surface area contributed by atoms with Gasteiger partial charge in [-0.2, -0.15) is 0 Å². The van der Waals surface area contributed by atoms with Crippen molar-refractivity contribution in [3.05, 3.63) is 29.8 Å². The highest BCUT2D eigenvalue weighted by Gasteiger charge is 2.57. The largest absolute Gasteiger partial charge is 0.497 e. The van der Waals surface area contributed by atoms with E-state index in [9.17, 15) is 9.59 Å². The lowest BCUT2D eigenvalue weighted by molar-refractivity contribution is -0.136. The number of methoxy groups -OCH3 is 1. The molecule has 2 aliphatic heterocycles. The molecule has 1 atom stereocenters. The van der Waals surface area contributed by atoms with Gasteiger partial charge in [-0.15, -0.1) is 0 Å². The monoisotopic (exact) mass is 373 g/mol. The summed E-state index contributed by atoms with van der Waals surface area (Å²) >= 11 is 0. The second-order valence-corrected chi connectivity index (χ2v) is 7.59. The number of piperidine rings is 1. The number of benzene rings is 1. The number of imide groups is 1. The highest BCUT2D eigenvalue weighted by Crippen LogP contribution is 2.38. The molecule has 6 heteroatoms. The van der Waals surface area contributed by atoms with Crippen molar-refractivity contribution in [2.75, 3.05) is 26.7 Å². The van der Waals surface area contributed by atoms with Crippen LogP contribution in [0.4, 0.5) is 4.79 Å². The molecule has 3 amide bonds. The number of urea groups is 1. The van der Waals surface area contributed by atoms with Crippen LogP contribution in [-0.4, -0.2) is 65.0 Å². The molecule has 27 heavy (non-hydrogen) atoms. The minimum atomic E-state index is -0.672. The minimum Gasteiger partial charge on any atom is -0.497 e. The van der Waals surface area contributed by atoms with Crippen LogP contribution in [0, 0.1) is 0 Å². The molecule has 2 saturated heterocycles. The van der Waals surface area contributed by atoms with E-state index in [1.54, 1.807) is 12.0 Å². The Morgan fingerprint density at radius 1 is 1.19 bits per heavy atom. The fraction of sp³-hybridized carbons (Fsp3) is 0.619. The van der Waals surface area contributed by atoms with Crippen LogP contribution >= 0.6 is 0 Å². The molecule has 1 spiro atoms. The van der Waals surface area contributed by atoms with Crippen LogP contribution in [0.2, 0.25) is 0 Å². The number of carbonyl (C=O) groups is 2. The Hall–Kier alpha value is -2.08. The summed E-state index contributed by atoms with van der Waals surface area (Å²) in [6, 6.07) is 7.90. The maximum Gasteiger partial charge on any atom is 0.327 e. The van der Waals surface area contributed by atoms with Gasteiger partial charge < -0.3 is 14.5 Å². The van der Waals surface area contributed by atoms with Gasteiger partial charge in [0, 0.05) is 25.7 Å². The second-order valence-electron chi connectivity index (χ2n) is 7.59. The molecule has 2 aliphatic rings. The number of likely N-dealkylation sites (N-methyl/N-ethyl adjacent to an activating group) is 1. The average Bonchev–Trinajstić information content (AvgIpc) is 2.89. The van der Waals surface area contributed by atoms with Crippen molar-refractivity contribution in [2.24, 2.45) is 0 Å². The van der Waals surface area contributed by atoms with Crippen molar-refractivity contribution in [3.8, 4) is 5.75 Å². The fourth-order valence-electron chi connectivity index (χ4n) is 4.39. The summed E-state index contributed by atoms with van der Waals surface area (Å²) < 4.78 is 5.27. The van der Waals surface area contributed by atoms with Crippen LogP contribution in [0.15, 0.2) is 24.3 Å². The lowest BCUT2D eigenvalue weighted by Crippen LogP contribution is -2.57. The molecule has 0 unspecified atom stereocenters. The van der Waals surface area contributed by atoms with Crippen LogP contribution in [0.3, 0.4) is 0 Å². The van der Waals surface area contributed by atoms with Crippen molar-refractivity contribution in [1.29, 1.82) is 0 Å². The van der Waals surface area contributed by atoms with E-state index in [0.717, 1.165) is 30.8 Å². The summed E-state index contributed by atoms with van der Waals surface area (Å²) in [6.45, 7) is 8.95. The van der Waals surface area contributed by atoms with E-state index in [1.165, 1.54) is 4.90 Å². The first-order valence-electron chi connectivity index (χ1n) is 9.97. The maximum absolute atomic E-state index is 13.4. The van der Waals surface area contributed by atoms with E-state index in [-0.39, 0.29) is 11.9 Å². The number of amides is 3. The Labute approximate surface area is 162 Å². The van der Waals surface area contributed by atoms with Gasteiger partial charge in [0.05, 0.1) is 13.7 Å². The predicted octanol–water partition coefficient (Wildman–Crippen LogP) is 3.11. The smallest absolute Gasteiger partial charge is 0.327 e. The van der Waals surface area contributed by atoms with Crippen LogP contribution in [0.5, 0.6) is 5.75 Å². The number of ether oxygens (including phenoxy) is 1. The Balaban J connectivity index is 1.81. The number of rotatable bonds is 6. The third-order valence-corrected chi connectivity index (χ3v) is 6.25. The summed E-state index contributed by atoms with van der Waals surface area (Å²) in [5.74, 6) is 0.691. The first-order valence-corrected chi connectivity index (χ1v) is 9.97. The molecule has 1 aromatic rings. The third kappa shape index (κ3) is 3.43. The zero-order chi connectivity index (χ0) is 19.6. The molecule has 148 valence electrons. The van der Waals surface area contributed by atoms with Crippen LogP contribution in [0.25, 0.3) is 0 Å². The molecule has 0 aromatic heterocycles. The molecule has 2 heterocycles. The van der Waals surface area contributed by atoms with Crippen molar-refractivity contribution in [3.63, 3.8) is 0 Å². The zero-order valence-corrected chi connectivity index (χ0v) is 16.9. The first kappa shape index (κ1) is 19.7. The van der Waals surface area contributed by atoms with Gasteiger partial charge in [-0.05, 0) is 50.8 Å². The topological polar surface area (TPSA) is 53.1 Å². The second kappa shape index (κ2) is 7.89. The summed E-state index contributed by atoms with van der Waals surface area (Å²) in [7, 11) is 1.62. The van der Waals surface area contributed by atoms with Gasteiger partial charge in [0.15, 0.2) is 0 Å². The SMILES string of the molecule is CC[C@H](C)N1CCC2(CC1)C(=O)N(Cc1cccc(OC)c1)C(=O)N2CC. The van der Waals surface area contributed by atoms with E-state index in [4.69, 9.17) is 4.74 Å². The third-order valence-electron chi connectivity index (χ3n) is 6.25. The van der Waals surface area contributed by atoms with Crippen molar-refractivity contribution in [1.82, 2.24) is 14.7 Å². The first-order chi connectivity index (χ1) is 13.0. The van der Waals surface area contributed by atoms with Gasteiger partial charge in [-0.25, -0.2) is 4.79 Å². The van der Waals surface area contributed by atoms with Gasteiger partial charge in [0.2, 0.25) is 0 Å². The van der Waals surface area contributed by atoms with Gasteiger partial charge in [-0.3, -0.25) is 9.69 Å². The number of hydrogen-bond donors (Lipinski definition) is 0. The summed E-state index contributed by atoms with van der Waals surface area (Å²) in [4.78, 5) is 32.1. The molecule has 0 aliphatic carbocycles. The minimum absolute atomic E-state index is 0.0408. The van der Waals surface area contributed by atoms with Crippen molar-refractivity contribution < 1.29 is 14.3 Å². The zero-order valence-electron chi connectivity index (χ0n) is 16.9. The van der Waals surface area contributed by atoms with Gasteiger partial charge in [-0.1, -0.05) is 19.1 Å². The molecular formula is C21H31N3O3. The Kier molecular flexibility index (Phi) is 5.75. The van der Waals surface area contributed by atoms with E-state index in [0.29, 0.717) is 32.0 Å². The summed E-state index contributed by atoms with van der Waals surface area (Å²) in [5.41, 5.74) is 0.232. The normalized spacial score (nSPS) is 21.2. The molecule has 0 bridgehead atoms. The molecule has 0 radical (unpaired) electrons. The van der Waals surface area contributed by atoms with Crippen LogP contribution < -0.4 is 4.74 Å². The summed E-state index contributed by atoms with van der Waals surface area (Å²) in [5, 5.41) is 0. The Bertz CT molecular complexity index is 698. The molecule has 0 N–H and O–H groups in total. The van der Waals surface area contributed by atoms with E-state index >= 15 is 0 Å².